The average Bonchev–Trinajstić information content (AvgIpc) is 2.59. The van der Waals surface area contributed by atoms with Gasteiger partial charge in [-0.05, 0) is 31.5 Å². The van der Waals surface area contributed by atoms with Crippen molar-refractivity contribution < 1.29 is 17.9 Å². The van der Waals surface area contributed by atoms with E-state index < -0.39 is 10.0 Å². The van der Waals surface area contributed by atoms with Crippen LogP contribution < -0.4 is 9.47 Å². The van der Waals surface area contributed by atoms with Gasteiger partial charge < -0.3 is 9.47 Å². The molecular weight excluding hydrogens is 326 g/mol. The van der Waals surface area contributed by atoms with E-state index in [1.807, 2.05) is 44.2 Å². The van der Waals surface area contributed by atoms with E-state index >= 15 is 0 Å². The van der Waals surface area contributed by atoms with Crippen LogP contribution >= 0.6 is 0 Å². The molecule has 0 fully saturated rings. The van der Waals surface area contributed by atoms with Gasteiger partial charge in [0.1, 0.15) is 13.2 Å². The Balaban J connectivity index is 1.94. The number of fused-ring (bicyclic) bond motifs is 1. The third kappa shape index (κ3) is 3.39. The predicted octanol–water partition coefficient (Wildman–Crippen LogP) is 3.06. The molecule has 2 aromatic rings. The molecule has 1 aliphatic heterocycles. The molecule has 1 heterocycles. The van der Waals surface area contributed by atoms with Crippen LogP contribution in [-0.4, -0.2) is 32.0 Å². The summed E-state index contributed by atoms with van der Waals surface area (Å²) in [5.74, 6) is 1.06. The summed E-state index contributed by atoms with van der Waals surface area (Å²) in [6.45, 7) is 4.98. The molecule has 0 atom stereocenters. The van der Waals surface area contributed by atoms with Gasteiger partial charge in [0, 0.05) is 18.7 Å². The van der Waals surface area contributed by atoms with E-state index in [0.717, 1.165) is 5.56 Å². The second-order valence-electron chi connectivity index (χ2n) is 5.94. The van der Waals surface area contributed by atoms with E-state index in [1.54, 1.807) is 18.2 Å². The number of nitrogens with zero attached hydrogens (tertiary/aromatic N) is 1. The van der Waals surface area contributed by atoms with Crippen LogP contribution in [0.15, 0.2) is 53.4 Å². The van der Waals surface area contributed by atoms with Crippen molar-refractivity contribution in [1.29, 1.82) is 0 Å². The first-order valence-electron chi connectivity index (χ1n) is 7.94. The van der Waals surface area contributed by atoms with Gasteiger partial charge in [0.2, 0.25) is 10.0 Å². The maximum atomic E-state index is 13.1. The summed E-state index contributed by atoms with van der Waals surface area (Å²) in [4.78, 5) is 0.219. The molecule has 0 aliphatic carbocycles. The SMILES string of the molecule is CC(C)N(Cc1ccccc1)S(=O)(=O)c1ccc2c(c1)OCCO2. The van der Waals surface area contributed by atoms with Crippen molar-refractivity contribution in [2.24, 2.45) is 0 Å². The van der Waals surface area contributed by atoms with Crippen LogP contribution in [0.3, 0.4) is 0 Å². The van der Waals surface area contributed by atoms with Gasteiger partial charge in [-0.3, -0.25) is 0 Å². The molecule has 2 aromatic carbocycles. The number of hydrogen-bond acceptors (Lipinski definition) is 4. The van der Waals surface area contributed by atoms with Crippen LogP contribution in [0.5, 0.6) is 11.5 Å². The molecule has 5 nitrogen and oxygen atoms in total. The third-order valence-electron chi connectivity index (χ3n) is 3.88. The fourth-order valence-electron chi connectivity index (χ4n) is 2.63. The van der Waals surface area contributed by atoms with Crippen LogP contribution in [-0.2, 0) is 16.6 Å². The Labute approximate surface area is 142 Å². The van der Waals surface area contributed by atoms with Crippen LogP contribution in [0, 0.1) is 0 Å². The number of sulfonamides is 1. The van der Waals surface area contributed by atoms with Crippen molar-refractivity contribution in [3.8, 4) is 11.5 Å². The van der Waals surface area contributed by atoms with Crippen LogP contribution in [0.2, 0.25) is 0 Å². The van der Waals surface area contributed by atoms with Crippen molar-refractivity contribution in [1.82, 2.24) is 4.31 Å². The van der Waals surface area contributed by atoms with Crippen LogP contribution in [0.4, 0.5) is 0 Å². The number of hydrogen-bond donors (Lipinski definition) is 0. The van der Waals surface area contributed by atoms with Crippen molar-refractivity contribution in [2.75, 3.05) is 13.2 Å². The summed E-state index contributed by atoms with van der Waals surface area (Å²) < 4.78 is 38.7. The van der Waals surface area contributed by atoms with E-state index in [4.69, 9.17) is 9.47 Å². The summed E-state index contributed by atoms with van der Waals surface area (Å²) in [6.07, 6.45) is 0. The van der Waals surface area contributed by atoms with Crippen molar-refractivity contribution >= 4 is 10.0 Å². The van der Waals surface area contributed by atoms with Gasteiger partial charge in [0.25, 0.3) is 0 Å². The predicted molar refractivity (Wildman–Crippen MR) is 91.7 cm³/mol. The summed E-state index contributed by atoms with van der Waals surface area (Å²) in [7, 11) is -3.63. The fourth-order valence-corrected chi connectivity index (χ4v) is 4.27. The Bertz CT molecular complexity index is 803. The third-order valence-corrected chi connectivity index (χ3v) is 5.90. The summed E-state index contributed by atoms with van der Waals surface area (Å²) in [6, 6.07) is 14.2. The first-order valence-corrected chi connectivity index (χ1v) is 9.38. The number of benzene rings is 2. The molecule has 1 aliphatic rings. The molecular formula is C18H21NO4S. The smallest absolute Gasteiger partial charge is 0.243 e. The Hall–Kier alpha value is -2.05. The maximum absolute atomic E-state index is 13.1. The standard InChI is InChI=1S/C18H21NO4S/c1-14(2)19(13-15-6-4-3-5-7-15)24(20,21)16-8-9-17-18(12-16)23-11-10-22-17/h3-9,12,14H,10-11,13H2,1-2H3. The van der Waals surface area contributed by atoms with Gasteiger partial charge in [-0.15, -0.1) is 0 Å². The Morgan fingerprint density at radius 1 is 1.00 bits per heavy atom. The van der Waals surface area contributed by atoms with Crippen LogP contribution in [0.25, 0.3) is 0 Å². The molecule has 0 saturated carbocycles. The average molecular weight is 347 g/mol. The van der Waals surface area contributed by atoms with Gasteiger partial charge >= 0.3 is 0 Å². The molecule has 0 amide bonds. The lowest BCUT2D eigenvalue weighted by Crippen LogP contribution is -2.36. The number of rotatable bonds is 5. The maximum Gasteiger partial charge on any atom is 0.243 e. The highest BCUT2D eigenvalue weighted by Gasteiger charge is 2.28. The zero-order valence-corrected chi connectivity index (χ0v) is 14.6. The molecule has 0 N–H and O–H groups in total. The first kappa shape index (κ1) is 16.8. The fraction of sp³-hybridized carbons (Fsp3) is 0.333. The Kier molecular flexibility index (Phi) is 4.78. The molecule has 24 heavy (non-hydrogen) atoms. The van der Waals surface area contributed by atoms with Crippen LogP contribution in [0.1, 0.15) is 19.4 Å². The first-order chi connectivity index (χ1) is 11.5. The molecule has 0 unspecified atom stereocenters. The normalized spacial score (nSPS) is 14.2. The minimum Gasteiger partial charge on any atom is -0.486 e. The number of ether oxygens (including phenoxy) is 2. The van der Waals surface area contributed by atoms with Gasteiger partial charge in [-0.2, -0.15) is 4.31 Å². The van der Waals surface area contributed by atoms with E-state index in [9.17, 15) is 8.42 Å². The molecule has 6 heteroatoms. The lowest BCUT2D eigenvalue weighted by atomic mass is 10.2. The van der Waals surface area contributed by atoms with Gasteiger partial charge in [0.05, 0.1) is 4.90 Å². The Morgan fingerprint density at radius 2 is 1.67 bits per heavy atom. The highest BCUT2D eigenvalue weighted by Crippen LogP contribution is 2.33. The van der Waals surface area contributed by atoms with E-state index in [1.165, 1.54) is 4.31 Å². The Morgan fingerprint density at radius 3 is 2.33 bits per heavy atom. The minimum absolute atomic E-state index is 0.164. The zero-order chi connectivity index (χ0) is 17.2. The summed E-state index contributed by atoms with van der Waals surface area (Å²) in [5, 5.41) is 0. The van der Waals surface area contributed by atoms with Crippen molar-refractivity contribution in [3.63, 3.8) is 0 Å². The molecule has 0 aromatic heterocycles. The molecule has 3 rings (SSSR count). The second-order valence-corrected chi connectivity index (χ2v) is 7.83. The van der Waals surface area contributed by atoms with Gasteiger partial charge in [-0.25, -0.2) is 8.42 Å². The van der Waals surface area contributed by atoms with E-state index in [0.29, 0.717) is 31.3 Å². The molecule has 0 spiro atoms. The zero-order valence-electron chi connectivity index (χ0n) is 13.8. The van der Waals surface area contributed by atoms with E-state index in [2.05, 4.69) is 0 Å². The lowest BCUT2D eigenvalue weighted by Gasteiger charge is -2.27. The topological polar surface area (TPSA) is 55.8 Å². The molecule has 0 saturated heterocycles. The molecule has 128 valence electrons. The van der Waals surface area contributed by atoms with Crippen molar-refractivity contribution in [2.45, 2.75) is 31.3 Å². The lowest BCUT2D eigenvalue weighted by molar-refractivity contribution is 0.171. The van der Waals surface area contributed by atoms with Gasteiger partial charge in [0.15, 0.2) is 11.5 Å². The van der Waals surface area contributed by atoms with Crippen molar-refractivity contribution in [3.05, 3.63) is 54.1 Å². The summed E-state index contributed by atoms with van der Waals surface area (Å²) in [5.41, 5.74) is 0.951. The second kappa shape index (κ2) is 6.83. The minimum atomic E-state index is -3.63. The quantitative estimate of drug-likeness (QED) is 0.834. The highest BCUT2D eigenvalue weighted by atomic mass is 32.2. The van der Waals surface area contributed by atoms with E-state index in [-0.39, 0.29) is 10.9 Å². The largest absolute Gasteiger partial charge is 0.486 e. The monoisotopic (exact) mass is 347 g/mol. The molecule has 0 bridgehead atoms. The summed E-state index contributed by atoms with van der Waals surface area (Å²) >= 11 is 0. The van der Waals surface area contributed by atoms with Gasteiger partial charge in [-0.1, -0.05) is 30.3 Å². The highest BCUT2D eigenvalue weighted by molar-refractivity contribution is 7.89. The molecule has 0 radical (unpaired) electrons.